The Hall–Kier alpha value is 3.33. The average molecular weight is 298 g/mol. The number of carbonyl (C=O) groups is 1. The molecule has 0 bridgehead atoms. The zero-order chi connectivity index (χ0) is 8.08. The van der Waals surface area contributed by atoms with Crippen molar-refractivity contribution < 1.29 is 15.0 Å². The van der Waals surface area contributed by atoms with Gasteiger partial charge in [0.05, 0.1) is 0 Å². The van der Waals surface area contributed by atoms with Crippen LogP contribution >= 0.6 is 46.4 Å². The normalized spacial score (nSPS) is 7.64. The van der Waals surface area contributed by atoms with Crippen LogP contribution < -0.4 is 0 Å². The molecule has 2 N–H and O–H groups in total. The van der Waals surface area contributed by atoms with Gasteiger partial charge in [0.1, 0.15) is 0 Å². The SMILES string of the molecule is ClC(Cl)(Cl)Cl.O=C(O)O.[CaH2].[KH]. The first-order valence-electron chi connectivity index (χ1n) is 1.41. The predicted molar refractivity (Wildman–Crippen MR) is 52.5 cm³/mol. The van der Waals surface area contributed by atoms with Gasteiger partial charge in [0, 0.05) is 0 Å². The number of halogens is 4. The first-order chi connectivity index (χ1) is 3.73. The summed E-state index contributed by atoms with van der Waals surface area (Å²) >= 11 is 19.3. The van der Waals surface area contributed by atoms with Crippen molar-refractivity contribution in [2.75, 3.05) is 0 Å². The molecule has 0 aliphatic rings. The van der Waals surface area contributed by atoms with Crippen molar-refractivity contribution >= 4 is 142 Å². The van der Waals surface area contributed by atoms with Crippen molar-refractivity contribution in [3.05, 3.63) is 0 Å². The van der Waals surface area contributed by atoms with Gasteiger partial charge in [-0.2, -0.15) is 0 Å². The summed E-state index contributed by atoms with van der Waals surface area (Å²) in [5.74, 6) is 0. The number of alkyl halides is 4. The Morgan fingerprint density at radius 3 is 1.09 bits per heavy atom. The Morgan fingerprint density at radius 1 is 1.09 bits per heavy atom. The van der Waals surface area contributed by atoms with Gasteiger partial charge in [-0.25, -0.2) is 4.79 Å². The molecule has 11 heavy (non-hydrogen) atoms. The van der Waals surface area contributed by atoms with Crippen LogP contribution in [-0.2, 0) is 0 Å². The molecule has 0 aliphatic carbocycles. The van der Waals surface area contributed by atoms with Crippen molar-refractivity contribution in [2.24, 2.45) is 0 Å². The molecule has 0 rings (SSSR count). The van der Waals surface area contributed by atoms with Gasteiger partial charge in [-0.1, -0.05) is 46.4 Å². The van der Waals surface area contributed by atoms with Gasteiger partial charge in [0.25, 0.3) is 3.25 Å². The van der Waals surface area contributed by atoms with Crippen LogP contribution in [0, 0.1) is 0 Å². The maximum atomic E-state index is 8.56. The topological polar surface area (TPSA) is 57.5 Å². The Kier molecular flexibility index (Phi) is 28.9. The molecule has 0 saturated heterocycles. The zero-order valence-corrected chi connectivity index (χ0v) is 6.84. The standard InChI is InChI=1S/CCl4.CH2O3.Ca.K.3H/c2-1(3,4)5;2-1(3)4;;;;;/h;(H2,2,3,4);;;;;. The molecular formula is C2H5CaCl4KO3. The molecule has 9 heteroatoms. The molecule has 0 unspecified atom stereocenters. The first kappa shape index (κ1) is 23.9. The van der Waals surface area contributed by atoms with E-state index in [4.69, 9.17) is 61.4 Å². The quantitative estimate of drug-likeness (QED) is 0.522. The molecule has 0 heterocycles. The van der Waals surface area contributed by atoms with Crippen molar-refractivity contribution in [3.8, 4) is 0 Å². The summed E-state index contributed by atoms with van der Waals surface area (Å²) in [4.78, 5) is 8.56. The second-order valence-electron chi connectivity index (χ2n) is 0.711. The second-order valence-corrected chi connectivity index (χ2v) is 4.14. The number of carboxylic acid groups (broad SMARTS) is 2. The Bertz CT molecular complexity index is 85.8. The van der Waals surface area contributed by atoms with Gasteiger partial charge in [0.2, 0.25) is 0 Å². The van der Waals surface area contributed by atoms with E-state index < -0.39 is 9.41 Å². The fraction of sp³-hybridized carbons (Fsp3) is 0.500. The summed E-state index contributed by atoms with van der Waals surface area (Å²) in [7, 11) is 0. The summed E-state index contributed by atoms with van der Waals surface area (Å²) in [5.41, 5.74) is 0. The molecule has 0 aliphatic heterocycles. The van der Waals surface area contributed by atoms with Crippen LogP contribution in [0.5, 0.6) is 0 Å². The Balaban J connectivity index is -0.0000000383. The number of rotatable bonds is 0. The van der Waals surface area contributed by atoms with E-state index in [1.54, 1.807) is 0 Å². The molecule has 0 fully saturated rings. The van der Waals surface area contributed by atoms with Crippen LogP contribution in [0.3, 0.4) is 0 Å². The summed E-state index contributed by atoms with van der Waals surface area (Å²) < 4.78 is -1.61. The third-order valence-electron chi connectivity index (χ3n) is 0. The maximum absolute atomic E-state index is 8.56. The molecule has 0 amide bonds. The van der Waals surface area contributed by atoms with E-state index in [0.717, 1.165) is 0 Å². The third kappa shape index (κ3) is 155. The van der Waals surface area contributed by atoms with Gasteiger partial charge in [-0.3, -0.25) is 0 Å². The molecule has 0 aromatic heterocycles. The van der Waals surface area contributed by atoms with Crippen LogP contribution in [0.2, 0.25) is 0 Å². The molecule has 0 spiro atoms. The van der Waals surface area contributed by atoms with Crippen LogP contribution in [0.1, 0.15) is 0 Å². The Morgan fingerprint density at radius 2 is 1.09 bits per heavy atom. The summed E-state index contributed by atoms with van der Waals surface area (Å²) in [6, 6.07) is 0. The van der Waals surface area contributed by atoms with Gasteiger partial charge in [-0.05, 0) is 0 Å². The third-order valence-corrected chi connectivity index (χ3v) is 0. The van der Waals surface area contributed by atoms with Crippen LogP contribution in [0.25, 0.3) is 0 Å². The van der Waals surface area contributed by atoms with E-state index in [-0.39, 0.29) is 89.1 Å². The molecule has 0 aromatic carbocycles. The second kappa shape index (κ2) is 13.3. The van der Waals surface area contributed by atoms with Crippen molar-refractivity contribution in [1.29, 1.82) is 0 Å². The predicted octanol–water partition coefficient (Wildman–Crippen LogP) is 1.21. The van der Waals surface area contributed by atoms with E-state index >= 15 is 0 Å². The molecule has 0 aromatic rings. The molecular weight excluding hydrogens is 293 g/mol. The minimum absolute atomic E-state index is 0. The van der Waals surface area contributed by atoms with Crippen LogP contribution in [0.4, 0.5) is 4.79 Å². The van der Waals surface area contributed by atoms with E-state index in [9.17, 15) is 0 Å². The zero-order valence-electron chi connectivity index (χ0n) is 3.81. The van der Waals surface area contributed by atoms with E-state index in [1.165, 1.54) is 0 Å². The minimum atomic E-state index is -1.83. The molecule has 62 valence electrons. The van der Waals surface area contributed by atoms with Crippen molar-refractivity contribution in [1.82, 2.24) is 0 Å². The Labute approximate surface area is 156 Å². The molecule has 0 saturated carbocycles. The number of hydrogen-bond donors (Lipinski definition) is 2. The fourth-order valence-corrected chi connectivity index (χ4v) is 0. The molecule has 0 atom stereocenters. The van der Waals surface area contributed by atoms with E-state index in [1.807, 2.05) is 0 Å². The van der Waals surface area contributed by atoms with Gasteiger partial charge in [-0.15, -0.1) is 0 Å². The van der Waals surface area contributed by atoms with Crippen LogP contribution in [-0.4, -0.2) is 109 Å². The molecule has 3 nitrogen and oxygen atoms in total. The van der Waals surface area contributed by atoms with E-state index in [0.29, 0.717) is 0 Å². The van der Waals surface area contributed by atoms with Gasteiger partial charge >= 0.3 is 95.3 Å². The first-order valence-corrected chi connectivity index (χ1v) is 2.92. The summed E-state index contributed by atoms with van der Waals surface area (Å²) in [6.45, 7) is 0. The summed E-state index contributed by atoms with van der Waals surface area (Å²) in [6.07, 6.45) is -1.83. The van der Waals surface area contributed by atoms with Gasteiger partial charge < -0.3 is 10.2 Å². The summed E-state index contributed by atoms with van der Waals surface area (Å²) in [5, 5.41) is 13.9. The number of hydrogen-bond acceptors (Lipinski definition) is 1. The average Bonchev–Trinajstić information content (AvgIpc) is 1.19. The van der Waals surface area contributed by atoms with Gasteiger partial charge in [0.15, 0.2) is 0 Å². The van der Waals surface area contributed by atoms with Crippen LogP contribution in [0.15, 0.2) is 0 Å². The van der Waals surface area contributed by atoms with Crippen molar-refractivity contribution in [2.45, 2.75) is 3.25 Å². The molecule has 0 radical (unpaired) electrons. The van der Waals surface area contributed by atoms with Crippen molar-refractivity contribution in [3.63, 3.8) is 0 Å². The monoisotopic (exact) mass is 296 g/mol. The van der Waals surface area contributed by atoms with E-state index in [2.05, 4.69) is 0 Å². The fourth-order valence-electron chi connectivity index (χ4n) is 0.